The zero-order chi connectivity index (χ0) is 24.3. The summed E-state index contributed by atoms with van der Waals surface area (Å²) < 4.78 is 11.0. The predicted octanol–water partition coefficient (Wildman–Crippen LogP) is 6.78. The quantitative estimate of drug-likeness (QED) is 0.175. The number of aromatic nitrogens is 3. The lowest BCUT2D eigenvalue weighted by Crippen LogP contribution is -2.04. The molecular formula is C28H29N3O3S. The van der Waals surface area contributed by atoms with Crippen molar-refractivity contribution in [2.24, 2.45) is 0 Å². The maximum atomic E-state index is 11.4. The van der Waals surface area contributed by atoms with E-state index in [2.05, 4.69) is 39.4 Å². The van der Waals surface area contributed by atoms with E-state index in [4.69, 9.17) is 9.47 Å². The normalized spacial score (nSPS) is 11.2. The molecule has 0 saturated heterocycles. The lowest BCUT2D eigenvalue weighted by Gasteiger charge is -2.11. The highest BCUT2D eigenvalue weighted by molar-refractivity contribution is 7.99. The van der Waals surface area contributed by atoms with Gasteiger partial charge in [0.1, 0.15) is 5.75 Å². The molecule has 0 radical (unpaired) electrons. The highest BCUT2D eigenvalue weighted by Gasteiger charge is 2.09. The number of ether oxygens (including phenoxy) is 2. The van der Waals surface area contributed by atoms with E-state index in [0.717, 1.165) is 57.1 Å². The average molecular weight is 488 g/mol. The van der Waals surface area contributed by atoms with Crippen LogP contribution in [0.25, 0.3) is 23.1 Å². The number of para-hydroxylation sites is 1. The van der Waals surface area contributed by atoms with Gasteiger partial charge in [0, 0.05) is 22.9 Å². The number of rotatable bonds is 12. The van der Waals surface area contributed by atoms with Crippen molar-refractivity contribution < 1.29 is 14.3 Å². The van der Waals surface area contributed by atoms with Crippen molar-refractivity contribution in [3.63, 3.8) is 0 Å². The molecule has 2 aromatic carbocycles. The minimum absolute atomic E-state index is 0.124. The van der Waals surface area contributed by atoms with Gasteiger partial charge in [0.05, 0.1) is 35.0 Å². The van der Waals surface area contributed by atoms with Gasteiger partial charge in [-0.25, -0.2) is 0 Å². The van der Waals surface area contributed by atoms with Crippen molar-refractivity contribution in [3.8, 4) is 5.75 Å². The Morgan fingerprint density at radius 3 is 2.77 bits per heavy atom. The number of unbranched alkanes of at least 4 members (excludes halogenated alkanes) is 2. The number of hydrogen-bond acceptors (Lipinski definition) is 6. The van der Waals surface area contributed by atoms with E-state index in [1.165, 1.54) is 0 Å². The monoisotopic (exact) mass is 487 g/mol. The second-order valence-electron chi connectivity index (χ2n) is 7.92. The fourth-order valence-electron chi connectivity index (χ4n) is 3.59. The largest absolute Gasteiger partial charge is 0.492 e. The molecule has 0 aliphatic heterocycles. The van der Waals surface area contributed by atoms with Crippen LogP contribution in [0.5, 0.6) is 5.75 Å². The first-order valence-electron chi connectivity index (χ1n) is 11.9. The Morgan fingerprint density at radius 2 is 1.91 bits per heavy atom. The molecule has 4 rings (SSSR count). The number of aromatic amines is 1. The summed E-state index contributed by atoms with van der Waals surface area (Å²) in [6.45, 7) is 2.88. The molecule has 0 bridgehead atoms. The zero-order valence-corrected chi connectivity index (χ0v) is 20.6. The molecule has 0 amide bonds. The maximum Gasteiger partial charge on any atom is 0.305 e. The SMILES string of the molecule is CCOC(=O)CCCCCOc1ccccc1Sc1ccc2c(C=Cc3ccccn3)n[nH]c2c1. The Kier molecular flexibility index (Phi) is 8.95. The molecule has 0 aliphatic carbocycles. The molecule has 0 saturated carbocycles. The summed E-state index contributed by atoms with van der Waals surface area (Å²) in [4.78, 5) is 17.9. The van der Waals surface area contributed by atoms with Gasteiger partial charge in [0.2, 0.25) is 0 Å². The third-order valence-electron chi connectivity index (χ3n) is 5.33. The molecule has 0 spiro atoms. The van der Waals surface area contributed by atoms with Crippen molar-refractivity contribution >= 4 is 40.8 Å². The number of fused-ring (bicyclic) bond motifs is 1. The van der Waals surface area contributed by atoms with Gasteiger partial charge >= 0.3 is 5.97 Å². The van der Waals surface area contributed by atoms with Crippen molar-refractivity contribution in [1.82, 2.24) is 15.2 Å². The first-order chi connectivity index (χ1) is 17.2. The highest BCUT2D eigenvalue weighted by Crippen LogP contribution is 2.36. The van der Waals surface area contributed by atoms with Crippen LogP contribution in [-0.4, -0.2) is 34.4 Å². The molecule has 35 heavy (non-hydrogen) atoms. The Hall–Kier alpha value is -3.58. The lowest BCUT2D eigenvalue weighted by atomic mass is 10.2. The van der Waals surface area contributed by atoms with Gasteiger partial charge in [-0.15, -0.1) is 0 Å². The summed E-state index contributed by atoms with van der Waals surface area (Å²) in [5, 5.41) is 8.66. The second kappa shape index (κ2) is 12.8. The van der Waals surface area contributed by atoms with Crippen LogP contribution in [0, 0.1) is 0 Å². The predicted molar refractivity (Wildman–Crippen MR) is 140 cm³/mol. The van der Waals surface area contributed by atoms with Gasteiger partial charge in [0.15, 0.2) is 0 Å². The van der Waals surface area contributed by atoms with Crippen LogP contribution in [-0.2, 0) is 9.53 Å². The molecule has 0 unspecified atom stereocenters. The fraction of sp³-hybridized carbons (Fsp3) is 0.250. The lowest BCUT2D eigenvalue weighted by molar-refractivity contribution is -0.143. The zero-order valence-electron chi connectivity index (χ0n) is 19.8. The van der Waals surface area contributed by atoms with E-state index in [1.807, 2.05) is 55.5 Å². The molecule has 0 atom stereocenters. The van der Waals surface area contributed by atoms with E-state index in [9.17, 15) is 4.79 Å². The summed E-state index contributed by atoms with van der Waals surface area (Å²) in [7, 11) is 0. The summed E-state index contributed by atoms with van der Waals surface area (Å²) in [5.41, 5.74) is 2.76. The summed E-state index contributed by atoms with van der Waals surface area (Å²) in [6, 6.07) is 20.2. The van der Waals surface area contributed by atoms with E-state index in [-0.39, 0.29) is 5.97 Å². The van der Waals surface area contributed by atoms with Crippen LogP contribution in [0.1, 0.15) is 44.0 Å². The number of H-pyrrole nitrogens is 1. The van der Waals surface area contributed by atoms with Crippen molar-refractivity contribution in [2.75, 3.05) is 13.2 Å². The Bertz CT molecular complexity index is 1270. The summed E-state index contributed by atoms with van der Waals surface area (Å²) >= 11 is 1.66. The van der Waals surface area contributed by atoms with Gasteiger partial charge < -0.3 is 9.47 Å². The molecule has 2 aromatic heterocycles. The number of nitrogens with zero attached hydrogens (tertiary/aromatic N) is 2. The van der Waals surface area contributed by atoms with Crippen molar-refractivity contribution in [3.05, 3.63) is 78.2 Å². The first-order valence-corrected chi connectivity index (χ1v) is 12.7. The minimum Gasteiger partial charge on any atom is -0.492 e. The molecule has 4 aromatic rings. The fourth-order valence-corrected chi connectivity index (χ4v) is 4.53. The standard InChI is InChI=1S/C28H29N3O3S/c1-2-33-28(32)13-4-3-9-19-34-26-11-5-6-12-27(26)35-22-15-16-23-24(30-31-25(23)20-22)17-14-21-10-7-8-18-29-21/h5-8,10-12,14-18,20H,2-4,9,13,19H2,1H3,(H,30,31). The van der Waals surface area contributed by atoms with E-state index in [0.29, 0.717) is 19.6 Å². The number of pyridine rings is 1. The van der Waals surface area contributed by atoms with Crippen molar-refractivity contribution in [2.45, 2.75) is 42.4 Å². The molecule has 0 aliphatic rings. The van der Waals surface area contributed by atoms with Crippen LogP contribution < -0.4 is 4.74 Å². The Morgan fingerprint density at radius 1 is 1.03 bits per heavy atom. The van der Waals surface area contributed by atoms with Crippen molar-refractivity contribution in [1.29, 1.82) is 0 Å². The van der Waals surface area contributed by atoms with Crippen LogP contribution >= 0.6 is 11.8 Å². The van der Waals surface area contributed by atoms with E-state index < -0.39 is 0 Å². The number of esters is 1. The van der Waals surface area contributed by atoms with Gasteiger partial charge in [-0.2, -0.15) is 5.10 Å². The molecule has 180 valence electrons. The number of hydrogen-bond donors (Lipinski definition) is 1. The summed E-state index contributed by atoms with van der Waals surface area (Å²) in [6.07, 6.45) is 8.83. The van der Waals surface area contributed by atoms with Crippen LogP contribution in [0.2, 0.25) is 0 Å². The molecule has 0 fully saturated rings. The van der Waals surface area contributed by atoms with Gasteiger partial charge in [0.25, 0.3) is 0 Å². The maximum absolute atomic E-state index is 11.4. The third-order valence-corrected chi connectivity index (χ3v) is 6.38. The van der Waals surface area contributed by atoms with Crippen LogP contribution in [0.15, 0.2) is 76.7 Å². The van der Waals surface area contributed by atoms with Crippen LogP contribution in [0.4, 0.5) is 0 Å². The topological polar surface area (TPSA) is 77.1 Å². The average Bonchev–Trinajstić information content (AvgIpc) is 3.29. The second-order valence-corrected chi connectivity index (χ2v) is 9.03. The molecule has 2 heterocycles. The summed E-state index contributed by atoms with van der Waals surface area (Å²) in [5.74, 6) is 0.743. The number of carbonyl (C=O) groups is 1. The molecule has 1 N–H and O–H groups in total. The number of benzene rings is 2. The Labute approximate surface area is 209 Å². The number of nitrogens with one attached hydrogen (secondary N) is 1. The Balaban J connectivity index is 1.34. The molecule has 7 heteroatoms. The number of carbonyl (C=O) groups excluding carboxylic acids is 1. The first kappa shape index (κ1) is 24.5. The molecule has 6 nitrogen and oxygen atoms in total. The third kappa shape index (κ3) is 7.20. The highest BCUT2D eigenvalue weighted by atomic mass is 32.2. The van der Waals surface area contributed by atoms with Gasteiger partial charge in [-0.3, -0.25) is 14.9 Å². The minimum atomic E-state index is -0.124. The van der Waals surface area contributed by atoms with E-state index >= 15 is 0 Å². The van der Waals surface area contributed by atoms with E-state index in [1.54, 1.807) is 18.0 Å². The van der Waals surface area contributed by atoms with Gasteiger partial charge in [-0.05, 0) is 80.8 Å². The van der Waals surface area contributed by atoms with Gasteiger partial charge in [-0.1, -0.05) is 30.0 Å². The molecular weight excluding hydrogens is 458 g/mol. The van der Waals surface area contributed by atoms with Crippen LogP contribution in [0.3, 0.4) is 0 Å². The smallest absolute Gasteiger partial charge is 0.305 e.